The van der Waals surface area contributed by atoms with Crippen molar-refractivity contribution in [2.24, 2.45) is 0 Å². The normalized spacial score (nSPS) is 10.0. The highest BCUT2D eigenvalue weighted by Gasteiger charge is 1.95. The van der Waals surface area contributed by atoms with Gasteiger partial charge in [-0.25, -0.2) is 0 Å². The molecule has 0 unspecified atom stereocenters. The fraction of sp³-hybridized carbons (Fsp3) is 0.231. The maximum atomic E-state index is 5.58. The summed E-state index contributed by atoms with van der Waals surface area (Å²) < 4.78 is 5.58. The van der Waals surface area contributed by atoms with Gasteiger partial charge in [0.2, 0.25) is 0 Å². The number of aryl methyl sites for hydroxylation is 1. The zero-order valence-corrected chi connectivity index (χ0v) is 9.04. The van der Waals surface area contributed by atoms with Gasteiger partial charge in [0, 0.05) is 6.20 Å². The number of nitrogens with zero attached hydrogens (tertiary/aromatic N) is 2. The first-order chi connectivity index (χ1) is 7.95. The summed E-state index contributed by atoms with van der Waals surface area (Å²) in [7, 11) is 0. The number of benzene rings is 1. The quantitative estimate of drug-likeness (QED) is 0.717. The van der Waals surface area contributed by atoms with Gasteiger partial charge < -0.3 is 4.74 Å². The molecule has 0 atom stereocenters. The van der Waals surface area contributed by atoms with Crippen molar-refractivity contribution in [2.45, 2.75) is 12.8 Å². The van der Waals surface area contributed by atoms with E-state index in [4.69, 9.17) is 4.74 Å². The van der Waals surface area contributed by atoms with Crippen LogP contribution in [-0.2, 0) is 6.42 Å². The molecule has 0 radical (unpaired) electrons. The lowest BCUT2D eigenvalue weighted by Gasteiger charge is -2.04. The molecule has 1 aromatic carbocycles. The SMILES string of the molecule is c1ccc(OCCCc2cccnn2)cc1. The number of para-hydroxylation sites is 1. The summed E-state index contributed by atoms with van der Waals surface area (Å²) in [6.45, 7) is 0.709. The van der Waals surface area contributed by atoms with E-state index in [9.17, 15) is 0 Å². The predicted octanol–water partition coefficient (Wildman–Crippen LogP) is 2.49. The number of rotatable bonds is 5. The average Bonchev–Trinajstić information content (AvgIpc) is 2.37. The molecule has 2 rings (SSSR count). The van der Waals surface area contributed by atoms with E-state index in [1.54, 1.807) is 6.20 Å². The van der Waals surface area contributed by atoms with Crippen molar-refractivity contribution < 1.29 is 4.74 Å². The van der Waals surface area contributed by atoms with Crippen molar-refractivity contribution in [1.82, 2.24) is 10.2 Å². The van der Waals surface area contributed by atoms with E-state index in [0.29, 0.717) is 6.61 Å². The van der Waals surface area contributed by atoms with Crippen LogP contribution in [-0.4, -0.2) is 16.8 Å². The molecule has 1 heterocycles. The van der Waals surface area contributed by atoms with Crippen LogP contribution in [0.2, 0.25) is 0 Å². The summed E-state index contributed by atoms with van der Waals surface area (Å²) >= 11 is 0. The van der Waals surface area contributed by atoms with Gasteiger partial charge in [-0.05, 0) is 37.1 Å². The second-order valence-corrected chi connectivity index (χ2v) is 3.48. The summed E-state index contributed by atoms with van der Waals surface area (Å²) in [6.07, 6.45) is 3.54. The van der Waals surface area contributed by atoms with Crippen LogP contribution in [0.15, 0.2) is 48.7 Å². The van der Waals surface area contributed by atoms with Crippen molar-refractivity contribution in [1.29, 1.82) is 0 Å². The van der Waals surface area contributed by atoms with Crippen molar-refractivity contribution in [3.8, 4) is 5.75 Å². The molecule has 16 heavy (non-hydrogen) atoms. The Balaban J connectivity index is 1.70. The topological polar surface area (TPSA) is 35.0 Å². The van der Waals surface area contributed by atoms with Crippen LogP contribution in [0.3, 0.4) is 0 Å². The smallest absolute Gasteiger partial charge is 0.119 e. The molecule has 0 amide bonds. The highest BCUT2D eigenvalue weighted by Crippen LogP contribution is 2.08. The van der Waals surface area contributed by atoms with Crippen LogP contribution in [0.5, 0.6) is 5.75 Å². The minimum Gasteiger partial charge on any atom is -0.494 e. The first-order valence-corrected chi connectivity index (χ1v) is 5.39. The van der Waals surface area contributed by atoms with Crippen molar-refractivity contribution in [2.75, 3.05) is 6.61 Å². The maximum Gasteiger partial charge on any atom is 0.119 e. The first kappa shape index (κ1) is 10.6. The Morgan fingerprint density at radius 2 is 1.88 bits per heavy atom. The molecule has 82 valence electrons. The Kier molecular flexibility index (Phi) is 3.88. The van der Waals surface area contributed by atoms with Gasteiger partial charge in [-0.2, -0.15) is 10.2 Å². The van der Waals surface area contributed by atoms with Gasteiger partial charge in [-0.3, -0.25) is 0 Å². The van der Waals surface area contributed by atoms with Crippen LogP contribution < -0.4 is 4.74 Å². The monoisotopic (exact) mass is 214 g/mol. The van der Waals surface area contributed by atoms with E-state index in [0.717, 1.165) is 24.3 Å². The Hall–Kier alpha value is -1.90. The molecule has 2 aromatic rings. The van der Waals surface area contributed by atoms with Crippen LogP contribution in [0, 0.1) is 0 Å². The molecule has 3 heteroatoms. The highest BCUT2D eigenvalue weighted by atomic mass is 16.5. The third-order valence-corrected chi connectivity index (χ3v) is 2.22. The summed E-state index contributed by atoms with van der Waals surface area (Å²) in [6, 6.07) is 13.7. The standard InChI is InChI=1S/C13H14N2O/c1-2-8-13(9-3-1)16-11-5-7-12-6-4-10-14-15-12/h1-4,6,8-10H,5,7,11H2. The van der Waals surface area contributed by atoms with Crippen LogP contribution in [0.1, 0.15) is 12.1 Å². The third-order valence-electron chi connectivity index (χ3n) is 2.22. The molecular formula is C13H14N2O. The summed E-state index contributed by atoms with van der Waals surface area (Å²) in [5.41, 5.74) is 1.01. The largest absolute Gasteiger partial charge is 0.494 e. The zero-order chi connectivity index (χ0) is 11.1. The Morgan fingerprint density at radius 3 is 2.62 bits per heavy atom. The summed E-state index contributed by atoms with van der Waals surface area (Å²) in [4.78, 5) is 0. The molecule has 0 bridgehead atoms. The molecule has 0 spiro atoms. The Bertz CT molecular complexity index is 361. The number of hydrogen-bond donors (Lipinski definition) is 0. The Labute approximate surface area is 95.1 Å². The van der Waals surface area contributed by atoms with E-state index in [1.165, 1.54) is 0 Å². The van der Waals surface area contributed by atoms with E-state index >= 15 is 0 Å². The predicted molar refractivity (Wildman–Crippen MR) is 62.3 cm³/mol. The lowest BCUT2D eigenvalue weighted by Crippen LogP contribution is -2.00. The van der Waals surface area contributed by atoms with Gasteiger partial charge in [0.25, 0.3) is 0 Å². The molecule has 0 N–H and O–H groups in total. The van der Waals surface area contributed by atoms with Gasteiger partial charge >= 0.3 is 0 Å². The molecule has 0 aliphatic rings. The number of ether oxygens (including phenoxy) is 1. The molecular weight excluding hydrogens is 200 g/mol. The Morgan fingerprint density at radius 1 is 1.00 bits per heavy atom. The van der Waals surface area contributed by atoms with E-state index in [1.807, 2.05) is 42.5 Å². The van der Waals surface area contributed by atoms with E-state index in [-0.39, 0.29) is 0 Å². The highest BCUT2D eigenvalue weighted by molar-refractivity contribution is 5.20. The molecule has 0 fully saturated rings. The lowest BCUT2D eigenvalue weighted by atomic mass is 10.2. The van der Waals surface area contributed by atoms with Gasteiger partial charge in [0.15, 0.2) is 0 Å². The van der Waals surface area contributed by atoms with Gasteiger partial charge in [-0.15, -0.1) is 0 Å². The molecule has 3 nitrogen and oxygen atoms in total. The van der Waals surface area contributed by atoms with Gasteiger partial charge in [0.1, 0.15) is 5.75 Å². The second kappa shape index (κ2) is 5.85. The minimum absolute atomic E-state index is 0.709. The summed E-state index contributed by atoms with van der Waals surface area (Å²) in [5.74, 6) is 0.918. The first-order valence-electron chi connectivity index (χ1n) is 5.39. The molecule has 0 saturated heterocycles. The third kappa shape index (κ3) is 3.35. The fourth-order valence-corrected chi connectivity index (χ4v) is 1.43. The molecule has 1 aromatic heterocycles. The van der Waals surface area contributed by atoms with Crippen LogP contribution in [0.25, 0.3) is 0 Å². The van der Waals surface area contributed by atoms with Crippen LogP contribution in [0.4, 0.5) is 0 Å². The minimum atomic E-state index is 0.709. The van der Waals surface area contributed by atoms with Crippen molar-refractivity contribution in [3.63, 3.8) is 0 Å². The number of hydrogen-bond acceptors (Lipinski definition) is 3. The van der Waals surface area contributed by atoms with Crippen LogP contribution >= 0.6 is 0 Å². The molecule has 0 aliphatic heterocycles. The average molecular weight is 214 g/mol. The van der Waals surface area contributed by atoms with Gasteiger partial charge in [-0.1, -0.05) is 18.2 Å². The van der Waals surface area contributed by atoms with Crippen molar-refractivity contribution in [3.05, 3.63) is 54.4 Å². The van der Waals surface area contributed by atoms with Crippen molar-refractivity contribution >= 4 is 0 Å². The lowest BCUT2D eigenvalue weighted by molar-refractivity contribution is 0.310. The van der Waals surface area contributed by atoms with Gasteiger partial charge in [0.05, 0.1) is 12.3 Å². The maximum absolute atomic E-state index is 5.58. The molecule has 0 aliphatic carbocycles. The van der Waals surface area contributed by atoms with E-state index < -0.39 is 0 Å². The summed E-state index contributed by atoms with van der Waals surface area (Å²) in [5, 5.41) is 7.85. The van der Waals surface area contributed by atoms with E-state index in [2.05, 4.69) is 10.2 Å². The zero-order valence-electron chi connectivity index (χ0n) is 9.04. The molecule has 0 saturated carbocycles. The number of aromatic nitrogens is 2. The second-order valence-electron chi connectivity index (χ2n) is 3.48. The fourth-order valence-electron chi connectivity index (χ4n) is 1.43.